The van der Waals surface area contributed by atoms with Gasteiger partial charge in [0.1, 0.15) is 5.69 Å². The maximum atomic E-state index is 5.07. The van der Waals surface area contributed by atoms with Gasteiger partial charge in [0, 0.05) is 6.20 Å². The molecule has 4 heteroatoms. The first-order chi connectivity index (χ1) is 6.77. The average Bonchev–Trinajstić information content (AvgIpc) is 2.71. The Labute approximate surface area is 82.0 Å². The van der Waals surface area contributed by atoms with Gasteiger partial charge in [-0.3, -0.25) is 4.98 Å². The van der Waals surface area contributed by atoms with Gasteiger partial charge >= 0.3 is 0 Å². The third-order valence-corrected chi connectivity index (χ3v) is 2.03. The Balaban J connectivity index is 2.41. The molecule has 0 aliphatic carbocycles. The molecule has 0 amide bonds. The van der Waals surface area contributed by atoms with Gasteiger partial charge in [-0.1, -0.05) is 13.8 Å². The lowest BCUT2D eigenvalue weighted by atomic mass is 10.0. The molecule has 2 rings (SSSR count). The summed E-state index contributed by atoms with van der Waals surface area (Å²) in [6, 6.07) is 3.96. The maximum Gasteiger partial charge on any atom is 0.266 e. The van der Waals surface area contributed by atoms with Crippen molar-refractivity contribution < 1.29 is 4.42 Å². The number of pyridine rings is 1. The van der Waals surface area contributed by atoms with Crippen LogP contribution in [0.2, 0.25) is 0 Å². The molecule has 0 radical (unpaired) electrons. The van der Waals surface area contributed by atoms with Gasteiger partial charge in [-0.15, -0.1) is 10.2 Å². The SMILES string of the molecule is CC(C)c1ccnc(-c2nnco2)c1. The second-order valence-electron chi connectivity index (χ2n) is 3.37. The normalized spacial score (nSPS) is 10.8. The zero-order valence-electron chi connectivity index (χ0n) is 8.14. The van der Waals surface area contributed by atoms with E-state index in [2.05, 4.69) is 29.0 Å². The van der Waals surface area contributed by atoms with E-state index in [1.165, 1.54) is 12.0 Å². The predicted molar refractivity (Wildman–Crippen MR) is 51.6 cm³/mol. The Morgan fingerprint density at radius 3 is 2.86 bits per heavy atom. The van der Waals surface area contributed by atoms with Gasteiger partial charge in [0.15, 0.2) is 0 Å². The fraction of sp³-hybridized carbons (Fsp3) is 0.300. The second-order valence-corrected chi connectivity index (χ2v) is 3.37. The van der Waals surface area contributed by atoms with E-state index in [4.69, 9.17) is 4.42 Å². The summed E-state index contributed by atoms with van der Waals surface area (Å²) in [4.78, 5) is 4.17. The minimum absolute atomic E-state index is 0.465. The minimum Gasteiger partial charge on any atom is -0.422 e. The molecule has 2 aromatic heterocycles. The van der Waals surface area contributed by atoms with E-state index in [1.807, 2.05) is 12.1 Å². The van der Waals surface area contributed by atoms with Crippen LogP contribution in [-0.4, -0.2) is 15.2 Å². The number of hydrogen-bond acceptors (Lipinski definition) is 4. The van der Waals surface area contributed by atoms with E-state index in [0.717, 1.165) is 5.69 Å². The molecule has 0 saturated carbocycles. The fourth-order valence-electron chi connectivity index (χ4n) is 1.21. The first-order valence-electron chi connectivity index (χ1n) is 4.50. The Bertz CT molecular complexity index is 409. The summed E-state index contributed by atoms with van der Waals surface area (Å²) in [5.41, 5.74) is 1.95. The summed E-state index contributed by atoms with van der Waals surface area (Å²) in [6.07, 6.45) is 3.06. The van der Waals surface area contributed by atoms with Crippen LogP contribution in [-0.2, 0) is 0 Å². The average molecular weight is 189 g/mol. The number of aromatic nitrogens is 3. The van der Waals surface area contributed by atoms with Crippen molar-refractivity contribution in [2.45, 2.75) is 19.8 Å². The first-order valence-corrected chi connectivity index (χ1v) is 4.50. The molecule has 0 unspecified atom stereocenters. The van der Waals surface area contributed by atoms with E-state index >= 15 is 0 Å². The van der Waals surface area contributed by atoms with Gasteiger partial charge in [-0.25, -0.2) is 0 Å². The molecule has 14 heavy (non-hydrogen) atoms. The van der Waals surface area contributed by atoms with Crippen molar-refractivity contribution >= 4 is 0 Å². The minimum atomic E-state index is 0.465. The van der Waals surface area contributed by atoms with Gasteiger partial charge in [0.25, 0.3) is 5.89 Å². The van der Waals surface area contributed by atoms with E-state index in [9.17, 15) is 0 Å². The van der Waals surface area contributed by atoms with Crippen molar-refractivity contribution in [1.29, 1.82) is 0 Å². The van der Waals surface area contributed by atoms with Crippen molar-refractivity contribution in [3.8, 4) is 11.6 Å². The van der Waals surface area contributed by atoms with Crippen LogP contribution in [0.5, 0.6) is 0 Å². The van der Waals surface area contributed by atoms with Gasteiger partial charge in [-0.2, -0.15) is 0 Å². The summed E-state index contributed by atoms with van der Waals surface area (Å²) in [7, 11) is 0. The Morgan fingerprint density at radius 1 is 1.36 bits per heavy atom. The predicted octanol–water partition coefficient (Wildman–Crippen LogP) is 2.25. The standard InChI is InChI=1S/C10H11N3O/c1-7(2)8-3-4-11-9(5-8)10-13-12-6-14-10/h3-7H,1-2H3. The fourth-order valence-corrected chi connectivity index (χ4v) is 1.21. The van der Waals surface area contributed by atoms with E-state index < -0.39 is 0 Å². The van der Waals surface area contributed by atoms with Crippen LogP contribution in [0.3, 0.4) is 0 Å². The van der Waals surface area contributed by atoms with Crippen LogP contribution in [0, 0.1) is 0 Å². The summed E-state index contributed by atoms with van der Waals surface area (Å²) >= 11 is 0. The first kappa shape index (κ1) is 8.87. The maximum absolute atomic E-state index is 5.07. The van der Waals surface area contributed by atoms with Crippen molar-refractivity contribution in [2.24, 2.45) is 0 Å². The Hall–Kier alpha value is -1.71. The topological polar surface area (TPSA) is 51.8 Å². The molecular formula is C10H11N3O. The molecule has 0 aliphatic rings. The molecule has 0 atom stereocenters. The molecular weight excluding hydrogens is 178 g/mol. The molecule has 72 valence electrons. The summed E-state index contributed by atoms with van der Waals surface area (Å²) < 4.78 is 5.07. The highest BCUT2D eigenvalue weighted by Gasteiger charge is 2.07. The van der Waals surface area contributed by atoms with Crippen LogP contribution in [0.4, 0.5) is 0 Å². The zero-order valence-corrected chi connectivity index (χ0v) is 8.14. The van der Waals surface area contributed by atoms with Gasteiger partial charge < -0.3 is 4.42 Å². The number of rotatable bonds is 2. The Morgan fingerprint density at radius 2 is 2.21 bits per heavy atom. The largest absolute Gasteiger partial charge is 0.422 e. The van der Waals surface area contributed by atoms with Gasteiger partial charge in [0.05, 0.1) is 0 Å². The van der Waals surface area contributed by atoms with Crippen molar-refractivity contribution in [2.75, 3.05) is 0 Å². The third-order valence-electron chi connectivity index (χ3n) is 2.03. The Kier molecular flexibility index (Phi) is 2.26. The van der Waals surface area contributed by atoms with Crippen LogP contribution >= 0.6 is 0 Å². The molecule has 0 N–H and O–H groups in total. The van der Waals surface area contributed by atoms with Gasteiger partial charge in [0.2, 0.25) is 6.39 Å². The quantitative estimate of drug-likeness (QED) is 0.727. The van der Waals surface area contributed by atoms with Crippen molar-refractivity contribution in [1.82, 2.24) is 15.2 Å². The molecule has 2 aromatic rings. The lowest BCUT2D eigenvalue weighted by Crippen LogP contribution is -1.90. The van der Waals surface area contributed by atoms with E-state index in [1.54, 1.807) is 6.20 Å². The monoisotopic (exact) mass is 189 g/mol. The summed E-state index contributed by atoms with van der Waals surface area (Å²) in [6.45, 7) is 4.26. The summed E-state index contributed by atoms with van der Waals surface area (Å²) in [5, 5.41) is 7.42. The van der Waals surface area contributed by atoms with E-state index in [-0.39, 0.29) is 0 Å². The zero-order chi connectivity index (χ0) is 9.97. The van der Waals surface area contributed by atoms with Crippen molar-refractivity contribution in [3.63, 3.8) is 0 Å². The van der Waals surface area contributed by atoms with Gasteiger partial charge in [-0.05, 0) is 23.6 Å². The smallest absolute Gasteiger partial charge is 0.266 e. The molecule has 0 spiro atoms. The van der Waals surface area contributed by atoms with Crippen molar-refractivity contribution in [3.05, 3.63) is 30.3 Å². The van der Waals surface area contributed by atoms with Crippen LogP contribution < -0.4 is 0 Å². The van der Waals surface area contributed by atoms with Crippen LogP contribution in [0.15, 0.2) is 29.1 Å². The van der Waals surface area contributed by atoms with E-state index in [0.29, 0.717) is 11.8 Å². The lowest BCUT2D eigenvalue weighted by Gasteiger charge is -2.04. The third kappa shape index (κ3) is 1.64. The molecule has 0 aliphatic heterocycles. The molecule has 0 aromatic carbocycles. The van der Waals surface area contributed by atoms with Crippen LogP contribution in [0.25, 0.3) is 11.6 Å². The molecule has 2 heterocycles. The molecule has 0 fully saturated rings. The second kappa shape index (κ2) is 3.57. The molecule has 0 bridgehead atoms. The number of nitrogens with zero attached hydrogens (tertiary/aromatic N) is 3. The number of hydrogen-bond donors (Lipinski definition) is 0. The molecule has 0 saturated heterocycles. The van der Waals surface area contributed by atoms with Crippen LogP contribution in [0.1, 0.15) is 25.3 Å². The summed E-state index contributed by atoms with van der Waals surface area (Å²) in [5.74, 6) is 0.937. The highest BCUT2D eigenvalue weighted by atomic mass is 16.4. The lowest BCUT2D eigenvalue weighted by molar-refractivity contribution is 0.566. The highest BCUT2D eigenvalue weighted by Crippen LogP contribution is 2.19. The molecule has 4 nitrogen and oxygen atoms in total. The highest BCUT2D eigenvalue weighted by molar-refractivity contribution is 5.47.